The molecule has 14 heteroatoms. The van der Waals surface area contributed by atoms with E-state index >= 15 is 0 Å². The van der Waals surface area contributed by atoms with Crippen LogP contribution in [0.15, 0.2) is 133 Å². The summed E-state index contributed by atoms with van der Waals surface area (Å²) in [5, 5.41) is 19.7. The molecule has 0 aromatic heterocycles. The molecule has 330 valence electrons. The maximum absolute atomic E-state index is 14.4. The number of carbonyl (C=O) groups is 6. The molecule has 64 heavy (non-hydrogen) atoms. The summed E-state index contributed by atoms with van der Waals surface area (Å²) >= 11 is 0. The Morgan fingerprint density at radius 3 is 1.28 bits per heavy atom. The number of hydrogen-bond donors (Lipinski definition) is 4. The minimum Gasteiger partial charge on any atom is -0.481 e. The molecule has 4 atom stereocenters. The molecule has 2 unspecified atom stereocenters. The van der Waals surface area contributed by atoms with Crippen LogP contribution in [0.25, 0.3) is 0 Å². The van der Waals surface area contributed by atoms with Crippen molar-refractivity contribution in [2.24, 2.45) is 11.5 Å². The lowest BCUT2D eigenvalue weighted by Gasteiger charge is -2.36. The van der Waals surface area contributed by atoms with E-state index in [1.54, 1.807) is 82.6 Å². The van der Waals surface area contributed by atoms with Gasteiger partial charge in [-0.05, 0) is 83.3 Å². The van der Waals surface area contributed by atoms with Gasteiger partial charge in [-0.3, -0.25) is 28.8 Å². The molecule has 2 heterocycles. The lowest BCUT2D eigenvalue weighted by Crippen LogP contribution is -2.55. The zero-order valence-electron chi connectivity index (χ0n) is 35.1. The number of carboxylic acids is 2. The summed E-state index contributed by atoms with van der Waals surface area (Å²) < 4.78 is 14.1. The van der Waals surface area contributed by atoms with Gasteiger partial charge in [-0.25, -0.2) is 4.39 Å². The van der Waals surface area contributed by atoms with Gasteiger partial charge in [0.05, 0.1) is 24.9 Å². The molecule has 5 aromatic carbocycles. The second-order valence-electron chi connectivity index (χ2n) is 16.5. The summed E-state index contributed by atoms with van der Waals surface area (Å²) in [6, 6.07) is 37.0. The Balaban J connectivity index is 1.10. The number of hydrogen-bond acceptors (Lipinski definition) is 7. The first-order chi connectivity index (χ1) is 30.7. The zero-order valence-corrected chi connectivity index (χ0v) is 35.1. The Bertz CT molecular complexity index is 2350. The van der Waals surface area contributed by atoms with Crippen molar-refractivity contribution in [1.82, 2.24) is 9.80 Å². The topological polar surface area (TPSA) is 205 Å². The van der Waals surface area contributed by atoms with Crippen LogP contribution in [0.3, 0.4) is 0 Å². The van der Waals surface area contributed by atoms with Gasteiger partial charge in [0.2, 0.25) is 23.6 Å². The van der Waals surface area contributed by atoms with Crippen LogP contribution in [0.5, 0.6) is 0 Å². The number of halogens is 1. The molecule has 2 fully saturated rings. The summed E-state index contributed by atoms with van der Waals surface area (Å²) in [4.78, 5) is 84.3. The van der Waals surface area contributed by atoms with Gasteiger partial charge in [-0.1, -0.05) is 109 Å². The van der Waals surface area contributed by atoms with Gasteiger partial charge in [-0.15, -0.1) is 0 Å². The molecule has 0 radical (unpaired) electrons. The molecule has 2 aliphatic rings. The quantitative estimate of drug-likeness (QED) is 0.0790. The van der Waals surface area contributed by atoms with E-state index in [1.807, 2.05) is 48.5 Å². The number of carbonyl (C=O) groups excluding carboxylic acids is 4. The number of primary amides is 2. The third-order valence-corrected chi connectivity index (χ3v) is 12.6. The van der Waals surface area contributed by atoms with Crippen LogP contribution < -0.4 is 16.4 Å². The highest BCUT2D eigenvalue weighted by Crippen LogP contribution is 2.41. The van der Waals surface area contributed by atoms with Crippen LogP contribution in [0.2, 0.25) is 0 Å². The van der Waals surface area contributed by atoms with Crippen molar-refractivity contribution in [1.29, 1.82) is 0 Å². The Kier molecular flexibility index (Phi) is 13.2. The van der Waals surface area contributed by atoms with Crippen LogP contribution in [0.4, 0.5) is 10.1 Å². The van der Waals surface area contributed by atoms with Crippen LogP contribution in [-0.2, 0) is 52.7 Å². The Morgan fingerprint density at radius 2 is 0.938 bits per heavy atom. The maximum Gasteiger partial charge on any atom is 0.305 e. The van der Waals surface area contributed by atoms with Crippen LogP contribution in [-0.4, -0.2) is 68.7 Å². The standard InChI is InChI=1S/C50H50FN5O8/c51-39-23-25-40(26-24-39)54(31-33-15-19-35(20-16-33)41-13-7-27-55(41)47(63)49(45(52)61,29-43(57)58)37-9-3-1-4-10-37)32-34-17-21-36(22-18-34)42-14-8-28-56(42)48(64)50(46(53)62,30-44(59)60)38-11-5-2-6-12-38/h1-6,9-12,15-26,41-42H,7-8,13-14,27-32H2,(H2,52,61)(H2,53,62)(H,57,58)(H,59,60)/t41-,42-,49?,50?/m0/s1. The Morgan fingerprint density at radius 1 is 0.562 bits per heavy atom. The molecular formula is C50H50FN5O8. The average molecular weight is 868 g/mol. The number of carboxylic acid groups (broad SMARTS) is 2. The van der Waals surface area contributed by atoms with Gasteiger partial charge in [0.15, 0.2) is 10.8 Å². The van der Waals surface area contributed by atoms with Crippen LogP contribution in [0.1, 0.15) is 84.0 Å². The third-order valence-electron chi connectivity index (χ3n) is 12.6. The van der Waals surface area contributed by atoms with Crippen LogP contribution >= 0.6 is 0 Å². The summed E-state index contributed by atoms with van der Waals surface area (Å²) in [5.74, 6) is -6.37. The van der Waals surface area contributed by atoms with Crippen molar-refractivity contribution in [3.05, 3.63) is 173 Å². The molecule has 4 amide bonds. The van der Waals surface area contributed by atoms with Crippen LogP contribution in [0, 0.1) is 5.82 Å². The highest BCUT2D eigenvalue weighted by molar-refractivity contribution is 6.13. The highest BCUT2D eigenvalue weighted by Gasteiger charge is 2.53. The molecule has 5 aromatic rings. The van der Waals surface area contributed by atoms with Gasteiger partial charge in [0.1, 0.15) is 5.82 Å². The SMILES string of the molecule is NC(=O)C(CC(=O)O)(C(=O)N1CCC[C@H]1c1ccc(CN(Cc2ccc([C@@H]3CCCN3C(=O)C(CC(=O)O)(C(N)=O)c3ccccc3)cc2)c2ccc(F)cc2)cc1)c1ccccc1. The van der Waals surface area contributed by atoms with Gasteiger partial charge < -0.3 is 36.4 Å². The second kappa shape index (κ2) is 19.0. The monoisotopic (exact) mass is 867 g/mol. The van der Waals surface area contributed by atoms with Gasteiger partial charge in [-0.2, -0.15) is 0 Å². The van der Waals surface area contributed by atoms with E-state index in [9.17, 15) is 43.4 Å². The van der Waals surface area contributed by atoms with E-state index in [0.717, 1.165) is 27.9 Å². The summed E-state index contributed by atoms with van der Waals surface area (Å²) in [5.41, 5.74) is 12.3. The average Bonchev–Trinajstić information content (AvgIpc) is 3.99. The fourth-order valence-corrected chi connectivity index (χ4v) is 9.40. The fourth-order valence-electron chi connectivity index (χ4n) is 9.40. The first kappa shape index (κ1) is 44.7. The lowest BCUT2D eigenvalue weighted by molar-refractivity contribution is -0.151. The van der Waals surface area contributed by atoms with Crippen molar-refractivity contribution in [2.75, 3.05) is 18.0 Å². The van der Waals surface area contributed by atoms with Gasteiger partial charge in [0.25, 0.3) is 0 Å². The predicted molar refractivity (Wildman–Crippen MR) is 236 cm³/mol. The minimum atomic E-state index is -2.08. The summed E-state index contributed by atoms with van der Waals surface area (Å²) in [7, 11) is 0. The molecule has 2 aliphatic heterocycles. The highest BCUT2D eigenvalue weighted by atomic mass is 19.1. The minimum absolute atomic E-state index is 0.227. The summed E-state index contributed by atoms with van der Waals surface area (Å²) in [6.07, 6.45) is 0.937. The molecule has 6 N–H and O–H groups in total. The lowest BCUT2D eigenvalue weighted by atomic mass is 9.75. The van der Waals surface area contributed by atoms with Crippen molar-refractivity contribution >= 4 is 41.3 Å². The van der Waals surface area contributed by atoms with Gasteiger partial charge in [0, 0.05) is 31.9 Å². The number of rotatable bonds is 17. The molecule has 0 aliphatic carbocycles. The maximum atomic E-state index is 14.4. The van der Waals surface area contributed by atoms with E-state index in [2.05, 4.69) is 4.90 Å². The third kappa shape index (κ3) is 8.94. The predicted octanol–water partition coefficient (Wildman–Crippen LogP) is 6.16. The molecule has 0 spiro atoms. The number of likely N-dealkylation sites (tertiary alicyclic amines) is 2. The number of nitrogens with zero attached hydrogens (tertiary/aromatic N) is 3. The van der Waals surface area contributed by atoms with E-state index < -0.39 is 71.3 Å². The zero-order chi connectivity index (χ0) is 45.6. The normalized spacial score (nSPS) is 17.8. The smallest absolute Gasteiger partial charge is 0.305 e. The molecule has 0 saturated carbocycles. The summed E-state index contributed by atoms with van der Waals surface area (Å²) in [6.45, 7) is 1.49. The number of aliphatic carboxylic acids is 2. The van der Waals surface area contributed by atoms with E-state index in [-0.39, 0.29) is 16.9 Å². The number of nitrogens with two attached hydrogens (primary N) is 2. The first-order valence-electron chi connectivity index (χ1n) is 21.2. The second-order valence-corrected chi connectivity index (χ2v) is 16.5. The van der Waals surface area contributed by atoms with E-state index in [0.29, 0.717) is 51.9 Å². The molecule has 7 rings (SSSR count). The molecular weight excluding hydrogens is 818 g/mol. The van der Waals surface area contributed by atoms with Crippen molar-refractivity contribution in [3.63, 3.8) is 0 Å². The molecule has 2 saturated heterocycles. The Hall–Kier alpha value is -7.35. The van der Waals surface area contributed by atoms with Crippen molar-refractivity contribution in [3.8, 4) is 0 Å². The van der Waals surface area contributed by atoms with E-state index in [1.165, 1.54) is 12.1 Å². The van der Waals surface area contributed by atoms with Crippen molar-refractivity contribution in [2.45, 2.75) is 74.5 Å². The Labute approximate surface area is 370 Å². The number of benzene rings is 5. The van der Waals surface area contributed by atoms with Crippen molar-refractivity contribution < 1.29 is 43.4 Å². The van der Waals surface area contributed by atoms with Gasteiger partial charge >= 0.3 is 11.9 Å². The van der Waals surface area contributed by atoms with E-state index in [4.69, 9.17) is 11.5 Å². The number of amides is 4. The largest absolute Gasteiger partial charge is 0.481 e. The fraction of sp³-hybridized carbons (Fsp3) is 0.280. The molecule has 13 nitrogen and oxygen atoms in total. The number of anilines is 1. The molecule has 0 bridgehead atoms. The first-order valence-corrected chi connectivity index (χ1v) is 21.2.